The molecule has 0 unspecified atom stereocenters. The predicted molar refractivity (Wildman–Crippen MR) is 100 cm³/mol. The van der Waals surface area contributed by atoms with Crippen LogP contribution in [0.3, 0.4) is 0 Å². The fourth-order valence-electron chi connectivity index (χ4n) is 2.80. The lowest BCUT2D eigenvalue weighted by atomic mass is 9.97. The lowest BCUT2D eigenvalue weighted by Gasteiger charge is -2.13. The average molecular weight is 343 g/mol. The number of carbonyl (C=O) groups excluding carboxylic acids is 2. The molecule has 1 aliphatic rings. The molecule has 2 rings (SSSR count). The molecule has 0 atom stereocenters. The van der Waals surface area contributed by atoms with E-state index in [-0.39, 0.29) is 11.8 Å². The molecule has 5 heteroatoms. The van der Waals surface area contributed by atoms with Crippen LogP contribution in [0, 0.1) is 0 Å². The molecular weight excluding hydrogens is 314 g/mol. The Hall–Kier alpha value is -2.14. The second kappa shape index (κ2) is 9.99. The van der Waals surface area contributed by atoms with Gasteiger partial charge < -0.3 is 15.5 Å². The van der Waals surface area contributed by atoms with Gasteiger partial charge in [-0.05, 0) is 57.5 Å². The topological polar surface area (TPSA) is 61.4 Å². The number of benzene rings is 1. The third kappa shape index (κ3) is 7.10. The van der Waals surface area contributed by atoms with Crippen LogP contribution < -0.4 is 10.6 Å². The van der Waals surface area contributed by atoms with Gasteiger partial charge in [-0.15, -0.1) is 0 Å². The van der Waals surface area contributed by atoms with Gasteiger partial charge in [-0.2, -0.15) is 0 Å². The lowest BCUT2D eigenvalue weighted by Crippen LogP contribution is -2.31. The van der Waals surface area contributed by atoms with Gasteiger partial charge in [0, 0.05) is 31.6 Å². The molecule has 0 spiro atoms. The first kappa shape index (κ1) is 19.2. The highest BCUT2D eigenvalue weighted by molar-refractivity contribution is 5.94. The molecule has 0 heterocycles. The molecule has 0 aliphatic heterocycles. The van der Waals surface area contributed by atoms with Crippen molar-refractivity contribution in [3.8, 4) is 0 Å². The van der Waals surface area contributed by atoms with Gasteiger partial charge in [0.1, 0.15) is 0 Å². The molecule has 0 saturated carbocycles. The number of allylic oxidation sites excluding steroid dienone is 1. The van der Waals surface area contributed by atoms with E-state index in [1.807, 2.05) is 31.1 Å². The van der Waals surface area contributed by atoms with Crippen LogP contribution in [0.4, 0.5) is 0 Å². The molecule has 1 aromatic rings. The van der Waals surface area contributed by atoms with Crippen molar-refractivity contribution in [2.24, 2.45) is 0 Å². The Balaban J connectivity index is 1.75. The summed E-state index contributed by atoms with van der Waals surface area (Å²) in [7, 11) is 3.94. The zero-order chi connectivity index (χ0) is 18.1. The second-order valence-electron chi connectivity index (χ2n) is 6.82. The maximum atomic E-state index is 12.0. The van der Waals surface area contributed by atoms with Gasteiger partial charge in [0.25, 0.3) is 5.91 Å². The summed E-state index contributed by atoms with van der Waals surface area (Å²) in [5, 5.41) is 5.84. The van der Waals surface area contributed by atoms with Crippen LogP contribution in [0.2, 0.25) is 0 Å². The van der Waals surface area contributed by atoms with Gasteiger partial charge in [-0.3, -0.25) is 9.59 Å². The van der Waals surface area contributed by atoms with Gasteiger partial charge in [0.2, 0.25) is 5.91 Å². The molecule has 1 aromatic carbocycles. The average Bonchev–Trinajstić information content (AvgIpc) is 2.61. The Morgan fingerprint density at radius 1 is 1.08 bits per heavy atom. The number of carbonyl (C=O) groups is 2. The zero-order valence-electron chi connectivity index (χ0n) is 15.3. The molecule has 136 valence electrons. The number of amides is 2. The molecule has 1 aliphatic carbocycles. The van der Waals surface area contributed by atoms with Crippen molar-refractivity contribution >= 4 is 11.8 Å². The van der Waals surface area contributed by atoms with Crippen LogP contribution in [-0.2, 0) is 11.3 Å². The van der Waals surface area contributed by atoms with E-state index < -0.39 is 0 Å². The Labute approximate surface area is 150 Å². The van der Waals surface area contributed by atoms with E-state index in [4.69, 9.17) is 0 Å². The van der Waals surface area contributed by atoms with Crippen molar-refractivity contribution in [1.82, 2.24) is 15.5 Å². The summed E-state index contributed by atoms with van der Waals surface area (Å²) in [6.07, 6.45) is 7.28. The van der Waals surface area contributed by atoms with E-state index in [2.05, 4.69) is 16.7 Å². The minimum absolute atomic E-state index is 0.0679. The summed E-state index contributed by atoms with van der Waals surface area (Å²) in [5.74, 6) is 0.000302. The maximum Gasteiger partial charge on any atom is 0.251 e. The van der Waals surface area contributed by atoms with Gasteiger partial charge in [-0.25, -0.2) is 0 Å². The number of hydrogen-bond acceptors (Lipinski definition) is 3. The van der Waals surface area contributed by atoms with E-state index in [1.54, 1.807) is 12.1 Å². The second-order valence-corrected chi connectivity index (χ2v) is 6.82. The maximum absolute atomic E-state index is 12.0. The van der Waals surface area contributed by atoms with Crippen molar-refractivity contribution in [2.75, 3.05) is 27.2 Å². The number of hydrogen-bond donors (Lipinski definition) is 2. The summed E-state index contributed by atoms with van der Waals surface area (Å²) in [4.78, 5) is 26.1. The quantitative estimate of drug-likeness (QED) is 0.713. The fraction of sp³-hybridized carbons (Fsp3) is 0.500. The minimum atomic E-state index is -0.0679. The van der Waals surface area contributed by atoms with E-state index in [0.29, 0.717) is 25.1 Å². The van der Waals surface area contributed by atoms with Gasteiger partial charge in [0.15, 0.2) is 0 Å². The lowest BCUT2D eigenvalue weighted by molar-refractivity contribution is -0.120. The summed E-state index contributed by atoms with van der Waals surface area (Å²) in [6, 6.07) is 7.38. The summed E-state index contributed by atoms with van der Waals surface area (Å²) in [5.41, 5.74) is 2.89. The summed E-state index contributed by atoms with van der Waals surface area (Å²) >= 11 is 0. The zero-order valence-corrected chi connectivity index (χ0v) is 15.3. The largest absolute Gasteiger partial charge is 0.352 e. The van der Waals surface area contributed by atoms with Crippen LogP contribution in [-0.4, -0.2) is 43.9 Å². The highest BCUT2D eigenvalue weighted by atomic mass is 16.2. The third-order valence-electron chi connectivity index (χ3n) is 4.32. The van der Waals surface area contributed by atoms with E-state index in [0.717, 1.165) is 24.9 Å². The molecule has 2 amide bonds. The SMILES string of the molecule is CN(C)CCNC(=O)c1ccc(CNC(=O)CC2=CCCCC2)cc1. The van der Waals surface area contributed by atoms with E-state index in [1.165, 1.54) is 18.4 Å². The highest BCUT2D eigenvalue weighted by Crippen LogP contribution is 2.19. The van der Waals surface area contributed by atoms with Crippen LogP contribution in [0.5, 0.6) is 0 Å². The standard InChI is InChI=1S/C20H29N3O2/c1-23(2)13-12-21-20(25)18-10-8-17(9-11-18)15-22-19(24)14-16-6-4-3-5-7-16/h6,8-11H,3-5,7,12-15H2,1-2H3,(H,21,25)(H,22,24). The van der Waals surface area contributed by atoms with Crippen LogP contribution >= 0.6 is 0 Å². The molecule has 5 nitrogen and oxygen atoms in total. The number of nitrogens with one attached hydrogen (secondary N) is 2. The van der Waals surface area contributed by atoms with Crippen molar-refractivity contribution in [1.29, 1.82) is 0 Å². The number of likely N-dealkylation sites (N-methyl/N-ethyl adjacent to an activating group) is 1. The molecule has 0 bridgehead atoms. The molecule has 0 radical (unpaired) electrons. The summed E-state index contributed by atoms with van der Waals surface area (Å²) < 4.78 is 0. The summed E-state index contributed by atoms with van der Waals surface area (Å²) in [6.45, 7) is 1.93. The molecule has 0 saturated heterocycles. The third-order valence-corrected chi connectivity index (χ3v) is 4.32. The highest BCUT2D eigenvalue weighted by Gasteiger charge is 2.09. The fourth-order valence-corrected chi connectivity index (χ4v) is 2.80. The van der Waals surface area contributed by atoms with Gasteiger partial charge in [0.05, 0.1) is 0 Å². The smallest absolute Gasteiger partial charge is 0.251 e. The first-order valence-electron chi connectivity index (χ1n) is 9.01. The van der Waals surface area contributed by atoms with Crippen molar-refractivity contribution in [3.05, 3.63) is 47.0 Å². The number of nitrogens with zero attached hydrogens (tertiary/aromatic N) is 1. The van der Waals surface area contributed by atoms with Crippen LogP contribution in [0.15, 0.2) is 35.9 Å². The predicted octanol–water partition coefficient (Wildman–Crippen LogP) is 2.48. The Morgan fingerprint density at radius 3 is 2.48 bits per heavy atom. The number of rotatable bonds is 8. The van der Waals surface area contributed by atoms with Crippen LogP contribution in [0.25, 0.3) is 0 Å². The van der Waals surface area contributed by atoms with Crippen molar-refractivity contribution in [3.63, 3.8) is 0 Å². The molecule has 0 fully saturated rings. The normalized spacial score (nSPS) is 14.1. The van der Waals surface area contributed by atoms with Crippen molar-refractivity contribution < 1.29 is 9.59 Å². The van der Waals surface area contributed by atoms with Gasteiger partial charge >= 0.3 is 0 Å². The minimum Gasteiger partial charge on any atom is -0.352 e. The molecule has 0 aromatic heterocycles. The monoisotopic (exact) mass is 343 g/mol. The molecule has 2 N–H and O–H groups in total. The van der Waals surface area contributed by atoms with Crippen LogP contribution in [0.1, 0.15) is 48.0 Å². The Kier molecular flexibility index (Phi) is 7.67. The first-order chi connectivity index (χ1) is 12.0. The molecule has 25 heavy (non-hydrogen) atoms. The molecular formula is C20H29N3O2. The Morgan fingerprint density at radius 2 is 1.84 bits per heavy atom. The van der Waals surface area contributed by atoms with E-state index >= 15 is 0 Å². The van der Waals surface area contributed by atoms with Crippen molar-refractivity contribution in [2.45, 2.75) is 38.6 Å². The first-order valence-corrected chi connectivity index (χ1v) is 9.01. The Bertz CT molecular complexity index is 606. The van der Waals surface area contributed by atoms with Gasteiger partial charge in [-0.1, -0.05) is 23.8 Å². The van der Waals surface area contributed by atoms with E-state index in [9.17, 15) is 9.59 Å².